The summed E-state index contributed by atoms with van der Waals surface area (Å²) < 4.78 is 11.3. The molecule has 0 aliphatic heterocycles. The molecule has 8 heteroatoms. The maximum Gasteiger partial charge on any atom is 0.339 e. The fourth-order valence-corrected chi connectivity index (χ4v) is 3.76. The second-order valence-electron chi connectivity index (χ2n) is 7.86. The van der Waals surface area contributed by atoms with E-state index in [-0.39, 0.29) is 11.3 Å². The quantitative estimate of drug-likeness (QED) is 0.244. The SMILES string of the molecule is COc1ccc(-c2ccc(Oc3ccccc3C)c(NC(=O)Nc3ccccc3Cl)c2)cc1C(=O)O. The van der Waals surface area contributed by atoms with E-state index < -0.39 is 12.0 Å². The van der Waals surface area contributed by atoms with Gasteiger partial charge in [0.05, 0.1) is 23.5 Å². The van der Waals surface area contributed by atoms with Gasteiger partial charge in [0.2, 0.25) is 0 Å². The Kier molecular flexibility index (Phi) is 7.42. The molecule has 0 aliphatic rings. The lowest BCUT2D eigenvalue weighted by atomic mass is 10.0. The third-order valence-electron chi connectivity index (χ3n) is 5.43. The van der Waals surface area contributed by atoms with Crippen molar-refractivity contribution in [1.82, 2.24) is 0 Å². The Hall–Kier alpha value is -4.49. The molecule has 0 unspecified atom stereocenters. The van der Waals surface area contributed by atoms with Crippen molar-refractivity contribution in [2.75, 3.05) is 17.7 Å². The molecule has 4 aromatic rings. The highest BCUT2D eigenvalue weighted by molar-refractivity contribution is 6.33. The van der Waals surface area contributed by atoms with Crippen molar-refractivity contribution < 1.29 is 24.2 Å². The lowest BCUT2D eigenvalue weighted by molar-refractivity contribution is 0.0693. The number of urea groups is 1. The fraction of sp³-hybridized carbons (Fsp3) is 0.0714. The minimum atomic E-state index is -1.11. The van der Waals surface area contributed by atoms with Gasteiger partial charge in [-0.3, -0.25) is 0 Å². The van der Waals surface area contributed by atoms with Crippen LogP contribution < -0.4 is 20.1 Å². The lowest BCUT2D eigenvalue weighted by Gasteiger charge is -2.16. The van der Waals surface area contributed by atoms with Crippen molar-refractivity contribution in [2.24, 2.45) is 0 Å². The predicted molar refractivity (Wildman–Crippen MR) is 141 cm³/mol. The zero-order valence-electron chi connectivity index (χ0n) is 19.5. The first-order valence-corrected chi connectivity index (χ1v) is 11.4. The van der Waals surface area contributed by atoms with Crippen LogP contribution in [0.1, 0.15) is 15.9 Å². The van der Waals surface area contributed by atoms with Gasteiger partial charge in [-0.25, -0.2) is 9.59 Å². The Balaban J connectivity index is 1.71. The number of rotatable bonds is 7. The van der Waals surface area contributed by atoms with E-state index in [1.54, 1.807) is 54.6 Å². The van der Waals surface area contributed by atoms with Gasteiger partial charge in [0, 0.05) is 0 Å². The number of aryl methyl sites for hydroxylation is 1. The molecule has 182 valence electrons. The normalized spacial score (nSPS) is 10.4. The molecular weight excluding hydrogens is 480 g/mol. The molecule has 0 heterocycles. The summed E-state index contributed by atoms with van der Waals surface area (Å²) >= 11 is 6.17. The smallest absolute Gasteiger partial charge is 0.339 e. The van der Waals surface area contributed by atoms with E-state index in [0.29, 0.717) is 39.0 Å². The van der Waals surface area contributed by atoms with E-state index in [1.807, 2.05) is 31.2 Å². The van der Waals surface area contributed by atoms with Crippen molar-refractivity contribution in [3.63, 3.8) is 0 Å². The Morgan fingerprint density at radius 3 is 2.11 bits per heavy atom. The average Bonchev–Trinajstić information content (AvgIpc) is 2.87. The molecule has 4 rings (SSSR count). The largest absolute Gasteiger partial charge is 0.496 e. The Bertz CT molecular complexity index is 1440. The van der Waals surface area contributed by atoms with E-state index in [9.17, 15) is 14.7 Å². The van der Waals surface area contributed by atoms with E-state index in [2.05, 4.69) is 10.6 Å². The number of anilines is 2. The predicted octanol–water partition coefficient (Wildman–Crippen LogP) is 7.46. The number of methoxy groups -OCH3 is 1. The Labute approximate surface area is 213 Å². The molecule has 4 aromatic carbocycles. The monoisotopic (exact) mass is 502 g/mol. The number of carboxylic acid groups (broad SMARTS) is 1. The van der Waals surface area contributed by atoms with Crippen molar-refractivity contribution >= 4 is 35.0 Å². The topological polar surface area (TPSA) is 96.9 Å². The molecule has 0 radical (unpaired) electrons. The summed E-state index contributed by atoms with van der Waals surface area (Å²) in [5.74, 6) is 0.195. The van der Waals surface area contributed by atoms with Crippen LogP contribution in [0.5, 0.6) is 17.2 Å². The van der Waals surface area contributed by atoms with Crippen LogP contribution in [0.3, 0.4) is 0 Å². The number of aromatic carboxylic acids is 1. The minimum Gasteiger partial charge on any atom is -0.496 e. The molecule has 0 saturated heterocycles. The van der Waals surface area contributed by atoms with Gasteiger partial charge in [0.15, 0.2) is 5.75 Å². The van der Waals surface area contributed by atoms with Gasteiger partial charge in [-0.1, -0.05) is 54.1 Å². The van der Waals surface area contributed by atoms with Crippen molar-refractivity contribution in [3.05, 3.63) is 101 Å². The third kappa shape index (κ3) is 5.59. The summed E-state index contributed by atoms with van der Waals surface area (Å²) in [5.41, 5.74) is 3.09. The average molecular weight is 503 g/mol. The molecule has 0 saturated carbocycles. The number of hydrogen-bond donors (Lipinski definition) is 3. The zero-order valence-corrected chi connectivity index (χ0v) is 20.3. The molecule has 0 atom stereocenters. The third-order valence-corrected chi connectivity index (χ3v) is 5.76. The summed E-state index contributed by atoms with van der Waals surface area (Å²) in [6.45, 7) is 1.92. The number of halogens is 1. The van der Waals surface area contributed by atoms with Gasteiger partial charge >= 0.3 is 12.0 Å². The van der Waals surface area contributed by atoms with Crippen molar-refractivity contribution in [2.45, 2.75) is 6.92 Å². The van der Waals surface area contributed by atoms with E-state index >= 15 is 0 Å². The van der Waals surface area contributed by atoms with Gasteiger partial charge in [-0.05, 0) is 66.1 Å². The van der Waals surface area contributed by atoms with Crippen LogP contribution in [0.2, 0.25) is 5.02 Å². The molecule has 0 bridgehead atoms. The molecule has 0 fully saturated rings. The summed E-state index contributed by atoms with van der Waals surface area (Å²) in [5, 5.41) is 15.5. The number of ether oxygens (including phenoxy) is 2. The van der Waals surface area contributed by atoms with Crippen LogP contribution in [0.4, 0.5) is 16.2 Å². The van der Waals surface area contributed by atoms with E-state index in [1.165, 1.54) is 13.2 Å². The lowest BCUT2D eigenvalue weighted by Crippen LogP contribution is -2.20. The van der Waals surface area contributed by atoms with E-state index in [4.69, 9.17) is 21.1 Å². The molecule has 3 N–H and O–H groups in total. The molecule has 36 heavy (non-hydrogen) atoms. The first-order valence-electron chi connectivity index (χ1n) is 11.0. The number of para-hydroxylation sites is 2. The molecular formula is C28H23ClN2O5. The van der Waals surface area contributed by atoms with Crippen LogP contribution in [-0.2, 0) is 0 Å². The number of carboxylic acids is 1. The van der Waals surface area contributed by atoms with Crippen molar-refractivity contribution in [1.29, 1.82) is 0 Å². The van der Waals surface area contributed by atoms with Crippen LogP contribution in [0.15, 0.2) is 84.9 Å². The number of carbonyl (C=O) groups is 2. The zero-order chi connectivity index (χ0) is 25.7. The maximum atomic E-state index is 12.8. The molecule has 2 amide bonds. The Morgan fingerprint density at radius 2 is 1.42 bits per heavy atom. The molecule has 0 aliphatic carbocycles. The van der Waals surface area contributed by atoms with Gasteiger partial charge < -0.3 is 25.2 Å². The standard InChI is InChI=1S/C28H23ClN2O5/c1-17-7-3-6-10-24(17)36-26-14-12-19(18-11-13-25(35-2)20(15-18)27(32)33)16-23(26)31-28(34)30-22-9-5-4-8-21(22)29/h3-16H,1-2H3,(H,32,33)(H2,30,31,34). The van der Waals surface area contributed by atoms with Crippen LogP contribution in [0.25, 0.3) is 11.1 Å². The van der Waals surface area contributed by atoms with Gasteiger partial charge in [-0.15, -0.1) is 0 Å². The number of nitrogens with one attached hydrogen (secondary N) is 2. The van der Waals surface area contributed by atoms with Gasteiger partial charge in [-0.2, -0.15) is 0 Å². The number of amides is 2. The fourth-order valence-electron chi connectivity index (χ4n) is 3.58. The number of carbonyl (C=O) groups excluding carboxylic acids is 1. The summed E-state index contributed by atoms with van der Waals surface area (Å²) in [4.78, 5) is 24.5. The van der Waals surface area contributed by atoms with Crippen LogP contribution >= 0.6 is 11.6 Å². The minimum absolute atomic E-state index is 0.0289. The second kappa shape index (κ2) is 10.8. The highest BCUT2D eigenvalue weighted by Crippen LogP contribution is 2.36. The molecule has 0 aromatic heterocycles. The molecule has 0 spiro atoms. The Morgan fingerprint density at radius 1 is 0.778 bits per heavy atom. The summed E-state index contributed by atoms with van der Waals surface area (Å²) in [7, 11) is 1.42. The van der Waals surface area contributed by atoms with Crippen LogP contribution in [0, 0.1) is 6.92 Å². The summed E-state index contributed by atoms with van der Waals surface area (Å²) in [6.07, 6.45) is 0. The highest BCUT2D eigenvalue weighted by Gasteiger charge is 2.16. The highest BCUT2D eigenvalue weighted by atomic mass is 35.5. The number of hydrogen-bond acceptors (Lipinski definition) is 4. The summed E-state index contributed by atoms with van der Waals surface area (Å²) in [6, 6.07) is 24.0. The van der Waals surface area contributed by atoms with Gasteiger partial charge in [0.25, 0.3) is 0 Å². The number of benzene rings is 4. The molecule has 7 nitrogen and oxygen atoms in total. The van der Waals surface area contributed by atoms with Crippen molar-refractivity contribution in [3.8, 4) is 28.4 Å². The van der Waals surface area contributed by atoms with Crippen LogP contribution in [-0.4, -0.2) is 24.2 Å². The maximum absolute atomic E-state index is 12.8. The second-order valence-corrected chi connectivity index (χ2v) is 8.26. The van der Waals surface area contributed by atoms with Gasteiger partial charge in [0.1, 0.15) is 17.1 Å². The first kappa shape index (κ1) is 24.6. The first-order chi connectivity index (χ1) is 17.4. The van der Waals surface area contributed by atoms with E-state index in [0.717, 1.165) is 5.56 Å².